The number of carbonyl (C=O) groups excluding carboxylic acids is 1. The Kier molecular flexibility index (Phi) is 3.77. The lowest BCUT2D eigenvalue weighted by atomic mass is 10.0. The highest BCUT2D eigenvalue weighted by Crippen LogP contribution is 2.23. The number of para-hydroxylation sites is 1. The van der Waals surface area contributed by atoms with Gasteiger partial charge in [0.1, 0.15) is 6.26 Å². The third-order valence-corrected chi connectivity index (χ3v) is 2.69. The van der Waals surface area contributed by atoms with Crippen LogP contribution in [0.25, 0.3) is 0 Å². The minimum absolute atomic E-state index is 0.0861. The van der Waals surface area contributed by atoms with Gasteiger partial charge in [0.15, 0.2) is 0 Å². The van der Waals surface area contributed by atoms with Crippen molar-refractivity contribution in [1.82, 2.24) is 5.16 Å². The average Bonchev–Trinajstić information content (AvgIpc) is 2.82. The molecule has 1 aromatic heterocycles. The van der Waals surface area contributed by atoms with Gasteiger partial charge in [-0.2, -0.15) is 0 Å². The number of nitrogens with one attached hydrogen (secondary N) is 1. The van der Waals surface area contributed by atoms with Gasteiger partial charge in [0.2, 0.25) is 5.91 Å². The number of hydrogen-bond acceptors (Lipinski definition) is 3. The van der Waals surface area contributed by atoms with Gasteiger partial charge in [-0.3, -0.25) is 4.79 Å². The zero-order valence-electron chi connectivity index (χ0n) is 10.5. The SMILES string of the molecule is CC(C)c1ccccc1NC(=O)Cc1ccon1. The molecule has 0 unspecified atom stereocenters. The van der Waals surface area contributed by atoms with Crippen molar-refractivity contribution < 1.29 is 9.32 Å². The van der Waals surface area contributed by atoms with E-state index in [1.165, 1.54) is 6.26 Å². The van der Waals surface area contributed by atoms with Crippen molar-refractivity contribution in [2.24, 2.45) is 0 Å². The molecule has 1 aromatic carbocycles. The summed E-state index contributed by atoms with van der Waals surface area (Å²) >= 11 is 0. The summed E-state index contributed by atoms with van der Waals surface area (Å²) in [6.45, 7) is 4.20. The maximum absolute atomic E-state index is 11.9. The number of hydrogen-bond donors (Lipinski definition) is 1. The van der Waals surface area contributed by atoms with Crippen LogP contribution in [0.2, 0.25) is 0 Å². The standard InChI is InChI=1S/C14H16N2O2/c1-10(2)12-5-3-4-6-13(12)15-14(17)9-11-7-8-18-16-11/h3-8,10H,9H2,1-2H3,(H,15,17). The van der Waals surface area contributed by atoms with Crippen molar-refractivity contribution in [1.29, 1.82) is 0 Å². The van der Waals surface area contributed by atoms with Gasteiger partial charge in [-0.1, -0.05) is 37.2 Å². The van der Waals surface area contributed by atoms with Crippen molar-refractivity contribution in [3.63, 3.8) is 0 Å². The molecule has 1 heterocycles. The highest BCUT2D eigenvalue weighted by atomic mass is 16.5. The second-order valence-electron chi connectivity index (χ2n) is 4.46. The lowest BCUT2D eigenvalue weighted by molar-refractivity contribution is -0.115. The van der Waals surface area contributed by atoms with Crippen LogP contribution in [-0.4, -0.2) is 11.1 Å². The van der Waals surface area contributed by atoms with E-state index < -0.39 is 0 Å². The van der Waals surface area contributed by atoms with E-state index in [0.29, 0.717) is 11.6 Å². The van der Waals surface area contributed by atoms with Crippen molar-refractivity contribution in [3.05, 3.63) is 47.9 Å². The molecule has 0 radical (unpaired) electrons. The Hall–Kier alpha value is -2.10. The van der Waals surface area contributed by atoms with E-state index in [0.717, 1.165) is 11.3 Å². The molecule has 0 spiro atoms. The van der Waals surface area contributed by atoms with Crippen LogP contribution >= 0.6 is 0 Å². The van der Waals surface area contributed by atoms with Gasteiger partial charge in [-0.15, -0.1) is 0 Å². The minimum atomic E-state index is -0.0861. The number of carbonyl (C=O) groups is 1. The number of rotatable bonds is 4. The van der Waals surface area contributed by atoms with Crippen LogP contribution in [0, 0.1) is 0 Å². The van der Waals surface area contributed by atoms with Crippen LogP contribution in [-0.2, 0) is 11.2 Å². The van der Waals surface area contributed by atoms with Crippen molar-refractivity contribution in [3.8, 4) is 0 Å². The zero-order valence-corrected chi connectivity index (χ0v) is 10.5. The molecule has 2 aromatic rings. The summed E-state index contributed by atoms with van der Waals surface area (Å²) in [4.78, 5) is 11.9. The van der Waals surface area contributed by atoms with Crippen molar-refractivity contribution in [2.45, 2.75) is 26.2 Å². The Morgan fingerprint density at radius 2 is 2.11 bits per heavy atom. The fourth-order valence-electron chi connectivity index (χ4n) is 1.80. The fourth-order valence-corrected chi connectivity index (χ4v) is 1.80. The second-order valence-corrected chi connectivity index (χ2v) is 4.46. The number of benzene rings is 1. The molecule has 94 valence electrons. The van der Waals surface area contributed by atoms with Crippen molar-refractivity contribution >= 4 is 11.6 Å². The monoisotopic (exact) mass is 244 g/mol. The molecule has 2 rings (SSSR count). The van der Waals surface area contributed by atoms with E-state index in [1.807, 2.05) is 24.3 Å². The van der Waals surface area contributed by atoms with Crippen LogP contribution < -0.4 is 5.32 Å². The molecule has 1 N–H and O–H groups in total. The maximum atomic E-state index is 11.9. The zero-order chi connectivity index (χ0) is 13.0. The predicted molar refractivity (Wildman–Crippen MR) is 69.4 cm³/mol. The molecule has 1 amide bonds. The molecule has 0 aliphatic carbocycles. The number of anilines is 1. The second kappa shape index (κ2) is 5.49. The van der Waals surface area contributed by atoms with E-state index in [-0.39, 0.29) is 12.3 Å². The first kappa shape index (κ1) is 12.4. The predicted octanol–water partition coefficient (Wildman–Crippen LogP) is 2.98. The van der Waals surface area contributed by atoms with Crippen LogP contribution in [0.4, 0.5) is 5.69 Å². The lowest BCUT2D eigenvalue weighted by Gasteiger charge is -2.13. The maximum Gasteiger partial charge on any atom is 0.230 e. The highest BCUT2D eigenvalue weighted by Gasteiger charge is 2.10. The Morgan fingerprint density at radius 3 is 2.78 bits per heavy atom. The van der Waals surface area contributed by atoms with Gasteiger partial charge < -0.3 is 9.84 Å². The number of amides is 1. The summed E-state index contributed by atoms with van der Waals surface area (Å²) < 4.78 is 4.70. The molecule has 4 nitrogen and oxygen atoms in total. The van der Waals surface area contributed by atoms with Gasteiger partial charge in [0.05, 0.1) is 12.1 Å². The molecule has 4 heteroatoms. The van der Waals surface area contributed by atoms with E-state index in [2.05, 4.69) is 24.3 Å². The van der Waals surface area contributed by atoms with E-state index in [9.17, 15) is 4.79 Å². The van der Waals surface area contributed by atoms with Crippen molar-refractivity contribution in [2.75, 3.05) is 5.32 Å². The van der Waals surface area contributed by atoms with Crippen LogP contribution in [0.15, 0.2) is 41.1 Å². The quantitative estimate of drug-likeness (QED) is 0.899. The molecule has 0 atom stereocenters. The number of nitrogens with zero attached hydrogens (tertiary/aromatic N) is 1. The van der Waals surface area contributed by atoms with Gasteiger partial charge in [0.25, 0.3) is 0 Å². The minimum Gasteiger partial charge on any atom is -0.364 e. The Bertz CT molecular complexity index is 518. The molecular weight excluding hydrogens is 228 g/mol. The van der Waals surface area contributed by atoms with Gasteiger partial charge in [-0.25, -0.2) is 0 Å². The Labute approximate surface area is 106 Å². The first-order valence-electron chi connectivity index (χ1n) is 5.95. The highest BCUT2D eigenvalue weighted by molar-refractivity contribution is 5.92. The smallest absolute Gasteiger partial charge is 0.230 e. The summed E-state index contributed by atoms with van der Waals surface area (Å²) in [5, 5.41) is 6.63. The topological polar surface area (TPSA) is 55.1 Å². The normalized spacial score (nSPS) is 10.6. The van der Waals surface area contributed by atoms with E-state index in [4.69, 9.17) is 4.52 Å². The van der Waals surface area contributed by atoms with Crippen LogP contribution in [0.5, 0.6) is 0 Å². The van der Waals surface area contributed by atoms with Gasteiger partial charge in [-0.05, 0) is 17.5 Å². The largest absolute Gasteiger partial charge is 0.364 e. The molecule has 0 saturated carbocycles. The molecule has 0 bridgehead atoms. The molecular formula is C14H16N2O2. The first-order chi connectivity index (χ1) is 8.66. The molecule has 0 fully saturated rings. The summed E-state index contributed by atoms with van der Waals surface area (Å²) in [7, 11) is 0. The molecule has 0 saturated heterocycles. The number of aromatic nitrogens is 1. The third kappa shape index (κ3) is 2.97. The van der Waals surface area contributed by atoms with Gasteiger partial charge >= 0.3 is 0 Å². The summed E-state index contributed by atoms with van der Waals surface area (Å²) in [5.74, 6) is 0.283. The Morgan fingerprint density at radius 1 is 1.33 bits per heavy atom. The molecule has 0 aliphatic heterocycles. The summed E-state index contributed by atoms with van der Waals surface area (Å²) in [6.07, 6.45) is 1.69. The van der Waals surface area contributed by atoms with Gasteiger partial charge in [0, 0.05) is 11.8 Å². The summed E-state index contributed by atoms with van der Waals surface area (Å²) in [6, 6.07) is 9.51. The average molecular weight is 244 g/mol. The summed E-state index contributed by atoms with van der Waals surface area (Å²) in [5.41, 5.74) is 2.63. The van der Waals surface area contributed by atoms with E-state index >= 15 is 0 Å². The fraction of sp³-hybridized carbons (Fsp3) is 0.286. The third-order valence-electron chi connectivity index (χ3n) is 2.69. The van der Waals surface area contributed by atoms with Crippen LogP contribution in [0.3, 0.4) is 0 Å². The van der Waals surface area contributed by atoms with Crippen LogP contribution in [0.1, 0.15) is 31.0 Å². The Balaban J connectivity index is 2.07. The molecule has 18 heavy (non-hydrogen) atoms. The molecule has 0 aliphatic rings. The lowest BCUT2D eigenvalue weighted by Crippen LogP contribution is -2.16. The van der Waals surface area contributed by atoms with E-state index in [1.54, 1.807) is 6.07 Å². The first-order valence-corrected chi connectivity index (χ1v) is 5.95.